The molecule has 0 unspecified atom stereocenters. The number of aromatic nitrogens is 1. The van der Waals surface area contributed by atoms with E-state index in [1.807, 2.05) is 43.3 Å². The normalized spacial score (nSPS) is 11.0. The van der Waals surface area contributed by atoms with E-state index in [2.05, 4.69) is 38.1 Å². The maximum atomic E-state index is 13.3. The molecule has 0 saturated heterocycles. The first kappa shape index (κ1) is 29.2. The van der Waals surface area contributed by atoms with Crippen molar-refractivity contribution in [3.8, 4) is 28.4 Å². The molecule has 0 aliphatic carbocycles. The van der Waals surface area contributed by atoms with Crippen LogP contribution in [-0.2, 0) is 0 Å². The molecular weight excluding hydrogens is 669 g/mol. The van der Waals surface area contributed by atoms with Crippen LogP contribution in [0.5, 0.6) is 17.2 Å². The van der Waals surface area contributed by atoms with Crippen molar-refractivity contribution in [2.24, 2.45) is 5.10 Å². The summed E-state index contributed by atoms with van der Waals surface area (Å²) in [5.41, 5.74) is 6.14. The minimum absolute atomic E-state index is 0.253. The lowest BCUT2D eigenvalue weighted by Gasteiger charge is -2.11. The molecule has 10 heteroatoms. The van der Waals surface area contributed by atoms with Gasteiger partial charge in [-0.2, -0.15) is 5.10 Å². The fourth-order valence-electron chi connectivity index (χ4n) is 4.37. The number of carbonyl (C=O) groups excluding carboxylic acids is 2. The van der Waals surface area contributed by atoms with Gasteiger partial charge in [0.2, 0.25) is 0 Å². The summed E-state index contributed by atoms with van der Waals surface area (Å²) in [6.45, 7) is 2.18. The predicted octanol–water partition coefficient (Wildman–Crippen LogP) is 7.48. The second kappa shape index (κ2) is 13.1. The molecule has 0 atom stereocenters. The Morgan fingerprint density at radius 1 is 1.00 bits per heavy atom. The Labute approximate surface area is 260 Å². The van der Waals surface area contributed by atoms with Gasteiger partial charge >= 0.3 is 5.97 Å². The van der Waals surface area contributed by atoms with E-state index in [0.717, 1.165) is 20.0 Å². The van der Waals surface area contributed by atoms with Crippen molar-refractivity contribution in [1.82, 2.24) is 10.4 Å². The molecule has 8 nitrogen and oxygen atoms in total. The Morgan fingerprint density at radius 3 is 2.62 bits per heavy atom. The fourth-order valence-corrected chi connectivity index (χ4v) is 5.09. The standard InChI is InChI=1S/C32H25ClIN3O5/c1-3-41-28-15-19(11-14-27(28)42-32(39)20-7-6-8-22(16-20)40-2)18-35-37-31(38)30-29(23-9-4-5-10-25(23)33)24-17-21(34)12-13-26(24)36-30/h4-18,36H,3H2,1-2H3,(H,37,38). The molecule has 1 heterocycles. The number of benzene rings is 4. The summed E-state index contributed by atoms with van der Waals surface area (Å²) in [6.07, 6.45) is 1.48. The summed E-state index contributed by atoms with van der Waals surface area (Å²) in [6, 6.07) is 24.9. The zero-order valence-corrected chi connectivity index (χ0v) is 25.5. The van der Waals surface area contributed by atoms with Crippen LogP contribution in [0.3, 0.4) is 0 Å². The average molecular weight is 694 g/mol. The van der Waals surface area contributed by atoms with Gasteiger partial charge in [-0.1, -0.05) is 35.9 Å². The van der Waals surface area contributed by atoms with Crippen LogP contribution >= 0.6 is 34.2 Å². The first-order chi connectivity index (χ1) is 20.4. The molecule has 1 aromatic heterocycles. The van der Waals surface area contributed by atoms with E-state index < -0.39 is 11.9 Å². The summed E-state index contributed by atoms with van der Waals surface area (Å²) >= 11 is 8.76. The number of carbonyl (C=O) groups is 2. The number of rotatable bonds is 9. The third kappa shape index (κ3) is 6.42. The molecule has 42 heavy (non-hydrogen) atoms. The molecule has 0 aliphatic heterocycles. The monoisotopic (exact) mass is 693 g/mol. The van der Waals surface area contributed by atoms with Gasteiger partial charge in [0, 0.05) is 30.6 Å². The zero-order valence-electron chi connectivity index (χ0n) is 22.6. The Balaban J connectivity index is 1.37. The Hall–Kier alpha value is -4.35. The van der Waals surface area contributed by atoms with Gasteiger partial charge in [-0.25, -0.2) is 10.2 Å². The molecule has 0 saturated carbocycles. The molecule has 0 fully saturated rings. The van der Waals surface area contributed by atoms with E-state index in [1.54, 1.807) is 48.5 Å². The molecule has 5 aromatic rings. The van der Waals surface area contributed by atoms with Gasteiger partial charge in [0.1, 0.15) is 11.4 Å². The average Bonchev–Trinajstić information content (AvgIpc) is 3.37. The van der Waals surface area contributed by atoms with Crippen molar-refractivity contribution in [3.63, 3.8) is 0 Å². The zero-order chi connectivity index (χ0) is 29.6. The maximum Gasteiger partial charge on any atom is 0.343 e. The van der Waals surface area contributed by atoms with Crippen LogP contribution in [0, 0.1) is 3.57 Å². The number of nitrogens with one attached hydrogen (secondary N) is 2. The Kier molecular flexibility index (Phi) is 9.09. The number of hydrazone groups is 1. The number of H-pyrrole nitrogens is 1. The van der Waals surface area contributed by atoms with Crippen molar-refractivity contribution in [2.75, 3.05) is 13.7 Å². The summed E-state index contributed by atoms with van der Waals surface area (Å²) in [5, 5.41) is 5.58. The summed E-state index contributed by atoms with van der Waals surface area (Å²) in [5.74, 6) is 0.176. The van der Waals surface area contributed by atoms with Gasteiger partial charge in [0.25, 0.3) is 5.91 Å². The second-order valence-electron chi connectivity index (χ2n) is 9.00. The number of hydrogen-bond donors (Lipinski definition) is 2. The summed E-state index contributed by atoms with van der Waals surface area (Å²) in [7, 11) is 1.53. The minimum Gasteiger partial charge on any atom is -0.497 e. The molecule has 5 rings (SSSR count). The molecule has 1 amide bonds. The van der Waals surface area contributed by atoms with Crippen LogP contribution in [0.1, 0.15) is 33.3 Å². The highest BCUT2D eigenvalue weighted by Crippen LogP contribution is 2.37. The number of halogens is 2. The largest absolute Gasteiger partial charge is 0.497 e. The molecule has 2 N–H and O–H groups in total. The van der Waals surface area contributed by atoms with Crippen LogP contribution in [0.25, 0.3) is 22.0 Å². The SMILES string of the molecule is CCOc1cc(C=NNC(=O)c2[nH]c3ccc(I)cc3c2-c2ccccc2Cl)ccc1OC(=O)c1cccc(OC)c1. The van der Waals surface area contributed by atoms with Gasteiger partial charge in [0.15, 0.2) is 11.5 Å². The number of esters is 1. The van der Waals surface area contributed by atoms with Gasteiger partial charge in [0.05, 0.1) is 25.5 Å². The highest BCUT2D eigenvalue weighted by molar-refractivity contribution is 14.1. The number of aromatic amines is 1. The lowest BCUT2D eigenvalue weighted by atomic mass is 10.0. The smallest absolute Gasteiger partial charge is 0.343 e. The van der Waals surface area contributed by atoms with E-state index in [4.69, 9.17) is 25.8 Å². The highest BCUT2D eigenvalue weighted by atomic mass is 127. The molecule has 212 valence electrons. The van der Waals surface area contributed by atoms with Gasteiger partial charge in [-0.3, -0.25) is 4.79 Å². The molecule has 4 aromatic carbocycles. The van der Waals surface area contributed by atoms with Crippen LogP contribution in [0.4, 0.5) is 0 Å². The van der Waals surface area contributed by atoms with Crippen molar-refractivity contribution < 1.29 is 23.8 Å². The summed E-state index contributed by atoms with van der Waals surface area (Å²) < 4.78 is 17.5. The number of methoxy groups -OCH3 is 1. The predicted molar refractivity (Wildman–Crippen MR) is 172 cm³/mol. The van der Waals surface area contributed by atoms with Crippen molar-refractivity contribution in [1.29, 1.82) is 0 Å². The van der Waals surface area contributed by atoms with Gasteiger partial charge in [-0.15, -0.1) is 0 Å². The molecule has 0 spiro atoms. The van der Waals surface area contributed by atoms with E-state index in [1.165, 1.54) is 13.3 Å². The fraction of sp³-hybridized carbons (Fsp3) is 0.0938. The third-order valence-corrected chi connectivity index (χ3v) is 7.29. The molecular formula is C32H25ClIN3O5. The number of fused-ring (bicyclic) bond motifs is 1. The topological polar surface area (TPSA) is 102 Å². The first-order valence-corrected chi connectivity index (χ1v) is 14.4. The lowest BCUT2D eigenvalue weighted by Crippen LogP contribution is -2.19. The third-order valence-electron chi connectivity index (χ3n) is 6.29. The molecule has 0 aliphatic rings. The van der Waals surface area contributed by atoms with Crippen LogP contribution in [0.2, 0.25) is 5.02 Å². The Morgan fingerprint density at radius 2 is 1.83 bits per heavy atom. The molecule has 0 bridgehead atoms. The highest BCUT2D eigenvalue weighted by Gasteiger charge is 2.21. The minimum atomic E-state index is -0.550. The van der Waals surface area contributed by atoms with E-state index >= 15 is 0 Å². The first-order valence-electron chi connectivity index (χ1n) is 12.9. The lowest BCUT2D eigenvalue weighted by molar-refractivity contribution is 0.0727. The number of ether oxygens (including phenoxy) is 3. The van der Waals surface area contributed by atoms with Crippen molar-refractivity contribution in [3.05, 3.63) is 110 Å². The second-order valence-corrected chi connectivity index (χ2v) is 10.7. The van der Waals surface area contributed by atoms with E-state index in [-0.39, 0.29) is 5.75 Å². The van der Waals surface area contributed by atoms with E-state index in [9.17, 15) is 9.59 Å². The quantitative estimate of drug-likeness (QED) is 0.0548. The number of hydrogen-bond acceptors (Lipinski definition) is 6. The van der Waals surface area contributed by atoms with E-state index in [0.29, 0.717) is 45.5 Å². The summed E-state index contributed by atoms with van der Waals surface area (Å²) in [4.78, 5) is 29.3. The van der Waals surface area contributed by atoms with Crippen LogP contribution in [0.15, 0.2) is 90.0 Å². The number of nitrogens with zero attached hydrogens (tertiary/aromatic N) is 1. The Bertz CT molecular complexity index is 1820. The number of amides is 1. The van der Waals surface area contributed by atoms with Crippen LogP contribution in [-0.4, -0.2) is 36.8 Å². The van der Waals surface area contributed by atoms with Gasteiger partial charge in [-0.05, 0) is 95.7 Å². The van der Waals surface area contributed by atoms with Crippen molar-refractivity contribution >= 4 is 63.2 Å². The van der Waals surface area contributed by atoms with Crippen molar-refractivity contribution in [2.45, 2.75) is 6.92 Å². The molecule has 0 radical (unpaired) electrons. The van der Waals surface area contributed by atoms with Crippen LogP contribution < -0.4 is 19.6 Å². The maximum absolute atomic E-state index is 13.3. The van der Waals surface area contributed by atoms with Gasteiger partial charge < -0.3 is 19.2 Å².